The van der Waals surface area contributed by atoms with Crippen molar-refractivity contribution in [1.82, 2.24) is 4.90 Å². The zero-order valence-electron chi connectivity index (χ0n) is 27.2. The molecule has 0 radical (unpaired) electrons. The lowest BCUT2D eigenvalue weighted by Crippen LogP contribution is -2.53. The molecule has 7 rings (SSSR count). The van der Waals surface area contributed by atoms with E-state index < -0.39 is 18.0 Å². The Kier molecular flexibility index (Phi) is 10.5. The molecule has 1 aromatic heterocycles. The lowest BCUT2D eigenvalue weighted by Gasteiger charge is -2.44. The summed E-state index contributed by atoms with van der Waals surface area (Å²) < 4.78 is 18.1. The number of halogens is 2. The number of carboxylic acid groups (broad SMARTS) is 1. The van der Waals surface area contributed by atoms with E-state index in [9.17, 15) is 19.9 Å². The average molecular weight is 707 g/mol. The normalized spacial score (nSPS) is 18.8. The number of piperidine rings is 3. The Labute approximate surface area is 294 Å². The first-order valence-corrected chi connectivity index (χ1v) is 16.8. The fourth-order valence-electron chi connectivity index (χ4n) is 7.01. The van der Waals surface area contributed by atoms with Crippen LogP contribution in [0.5, 0.6) is 11.5 Å². The highest BCUT2D eigenvalue weighted by Crippen LogP contribution is 2.41. The maximum atomic E-state index is 14.1. The first-order chi connectivity index (χ1) is 23.7. The monoisotopic (exact) mass is 705 g/mol. The van der Waals surface area contributed by atoms with Crippen molar-refractivity contribution in [2.45, 2.75) is 37.8 Å². The minimum atomic E-state index is -1.39. The van der Waals surface area contributed by atoms with Gasteiger partial charge in [0, 0.05) is 34.0 Å². The van der Waals surface area contributed by atoms with Gasteiger partial charge in [0.05, 0.1) is 26.7 Å². The van der Waals surface area contributed by atoms with E-state index in [0.29, 0.717) is 51.9 Å². The number of benzene rings is 3. The molecule has 3 aromatic carbocycles. The number of carboxylic acids is 1. The van der Waals surface area contributed by atoms with Gasteiger partial charge in [0.15, 0.2) is 11.5 Å². The Morgan fingerprint density at radius 3 is 2.29 bits per heavy atom. The average Bonchev–Trinajstić information content (AvgIpc) is 3.11. The zero-order valence-corrected chi connectivity index (χ0v) is 28.7. The van der Waals surface area contributed by atoms with Gasteiger partial charge in [-0.2, -0.15) is 0 Å². The summed E-state index contributed by atoms with van der Waals surface area (Å²) in [6.45, 7) is 2.70. The van der Waals surface area contributed by atoms with E-state index in [1.54, 1.807) is 29.2 Å². The van der Waals surface area contributed by atoms with Crippen molar-refractivity contribution in [2.24, 2.45) is 5.92 Å². The highest BCUT2D eigenvalue weighted by molar-refractivity contribution is 6.35. The maximum absolute atomic E-state index is 14.1. The topological polar surface area (TPSA) is 115 Å². The second-order valence-corrected chi connectivity index (χ2v) is 13.1. The summed E-state index contributed by atoms with van der Waals surface area (Å²) in [5.41, 5.74) is 2.64. The lowest BCUT2D eigenvalue weighted by molar-refractivity contribution is -0.904. The number of pyridine rings is 1. The van der Waals surface area contributed by atoms with Crippen molar-refractivity contribution in [3.05, 3.63) is 117 Å². The Morgan fingerprint density at radius 2 is 1.67 bits per heavy atom. The number of aromatic nitrogens is 1. The number of fused-ring (bicyclic) bond motifs is 3. The number of methoxy groups -OCH3 is 2. The predicted molar refractivity (Wildman–Crippen MR) is 182 cm³/mol. The molecule has 2 bridgehead atoms. The SMILES string of the molecule is COc1ccc(C(Cc2c(Cl)c[n+](O)cc2Cl)c2c(CN(C(=O)O[C@H]3CN4CCC3CC4)c3ccccc3)cccc2C(=O)[O-])cc1OC. The van der Waals surface area contributed by atoms with Crippen molar-refractivity contribution in [3.63, 3.8) is 0 Å². The Balaban J connectivity index is 1.48. The summed E-state index contributed by atoms with van der Waals surface area (Å²) in [4.78, 5) is 30.8. The van der Waals surface area contributed by atoms with E-state index in [1.165, 1.54) is 32.7 Å². The Hall–Kier alpha value is -4.51. The zero-order chi connectivity index (χ0) is 34.7. The van der Waals surface area contributed by atoms with Gasteiger partial charge in [-0.3, -0.25) is 15.0 Å². The number of amides is 1. The fourth-order valence-corrected chi connectivity index (χ4v) is 7.62. The van der Waals surface area contributed by atoms with E-state index in [-0.39, 0.29) is 34.7 Å². The van der Waals surface area contributed by atoms with Crippen LogP contribution >= 0.6 is 23.2 Å². The molecule has 1 N–H and O–H groups in total. The molecule has 1 amide bonds. The van der Waals surface area contributed by atoms with E-state index in [4.69, 9.17) is 37.4 Å². The van der Waals surface area contributed by atoms with Crippen molar-refractivity contribution in [2.75, 3.05) is 38.8 Å². The number of ether oxygens (including phenoxy) is 3. The number of carbonyl (C=O) groups excluding carboxylic acids is 2. The van der Waals surface area contributed by atoms with Gasteiger partial charge in [-0.15, -0.1) is 0 Å². The number of nitrogens with zero attached hydrogens (tertiary/aromatic N) is 3. The van der Waals surface area contributed by atoms with Crippen molar-refractivity contribution in [1.29, 1.82) is 0 Å². The van der Waals surface area contributed by atoms with Crippen LogP contribution in [0.4, 0.5) is 10.5 Å². The van der Waals surface area contributed by atoms with Crippen LogP contribution in [0.3, 0.4) is 0 Å². The number of para-hydroxylation sites is 1. The van der Waals surface area contributed by atoms with Gasteiger partial charge in [-0.1, -0.05) is 65.7 Å². The molecular formula is C37H37Cl2N3O7. The first kappa shape index (κ1) is 34.4. The number of anilines is 1. The molecule has 4 aromatic rings. The molecule has 3 aliphatic heterocycles. The van der Waals surface area contributed by atoms with Gasteiger partial charge in [0.25, 0.3) is 0 Å². The van der Waals surface area contributed by atoms with Gasteiger partial charge in [-0.25, -0.2) is 4.79 Å². The van der Waals surface area contributed by atoms with Gasteiger partial charge < -0.3 is 24.1 Å². The number of hydrogen-bond donors (Lipinski definition) is 1. The fraction of sp³-hybridized carbons (Fsp3) is 0.324. The van der Waals surface area contributed by atoms with Gasteiger partial charge in [0.1, 0.15) is 16.1 Å². The van der Waals surface area contributed by atoms with Crippen LogP contribution in [-0.2, 0) is 17.7 Å². The third-order valence-electron chi connectivity index (χ3n) is 9.52. The number of carbonyl (C=O) groups is 2. The van der Waals surface area contributed by atoms with Crippen LogP contribution in [0.15, 0.2) is 79.1 Å². The lowest BCUT2D eigenvalue weighted by atomic mass is 9.80. The summed E-state index contributed by atoms with van der Waals surface area (Å²) in [5, 5.41) is 23.3. The van der Waals surface area contributed by atoms with Crippen LogP contribution in [0.25, 0.3) is 0 Å². The van der Waals surface area contributed by atoms with E-state index in [0.717, 1.165) is 30.7 Å². The molecule has 1 unspecified atom stereocenters. The van der Waals surface area contributed by atoms with Gasteiger partial charge in [0.2, 0.25) is 12.4 Å². The molecule has 12 heteroatoms. The number of aromatic carboxylic acids is 1. The van der Waals surface area contributed by atoms with E-state index in [2.05, 4.69) is 4.90 Å². The Morgan fingerprint density at radius 1 is 0.980 bits per heavy atom. The third kappa shape index (κ3) is 7.41. The highest BCUT2D eigenvalue weighted by Gasteiger charge is 2.38. The minimum Gasteiger partial charge on any atom is -0.545 e. The minimum absolute atomic E-state index is 0.00289. The predicted octanol–water partition coefficient (Wildman–Crippen LogP) is 5.51. The summed E-state index contributed by atoms with van der Waals surface area (Å²) in [6.07, 6.45) is 3.96. The van der Waals surface area contributed by atoms with Gasteiger partial charge >= 0.3 is 6.09 Å². The number of hydrogen-bond acceptors (Lipinski definition) is 8. The summed E-state index contributed by atoms with van der Waals surface area (Å²) in [5.74, 6) is -0.856. The van der Waals surface area contributed by atoms with Gasteiger partial charge in [-0.05, 0) is 79.2 Å². The quantitative estimate of drug-likeness (QED) is 0.161. The molecule has 0 aliphatic carbocycles. The molecule has 4 heterocycles. The molecule has 3 aliphatic rings. The van der Waals surface area contributed by atoms with Crippen LogP contribution < -0.4 is 24.2 Å². The summed E-state index contributed by atoms with van der Waals surface area (Å²) >= 11 is 13.2. The highest BCUT2D eigenvalue weighted by atomic mass is 35.5. The molecule has 256 valence electrons. The van der Waals surface area contributed by atoms with E-state index in [1.807, 2.05) is 36.4 Å². The summed E-state index contributed by atoms with van der Waals surface area (Å²) in [6, 6.07) is 19.4. The molecule has 0 saturated carbocycles. The van der Waals surface area contributed by atoms with Crippen molar-refractivity contribution >= 4 is 41.0 Å². The second-order valence-electron chi connectivity index (χ2n) is 12.3. The molecule has 49 heavy (non-hydrogen) atoms. The largest absolute Gasteiger partial charge is 0.545 e. The Bertz CT molecular complexity index is 1810. The molecule has 10 nitrogen and oxygen atoms in total. The molecule has 3 fully saturated rings. The first-order valence-electron chi connectivity index (χ1n) is 16.1. The van der Waals surface area contributed by atoms with Crippen LogP contribution in [0.2, 0.25) is 10.0 Å². The van der Waals surface area contributed by atoms with Crippen LogP contribution in [0.1, 0.15) is 51.4 Å². The number of rotatable bonds is 11. The molecule has 3 saturated heterocycles. The third-order valence-corrected chi connectivity index (χ3v) is 10.2. The standard InChI is InChI=1S/C37H37Cl2N3O7/c1-47-32-12-11-24(17-33(32)48-2)28(18-29-30(38)20-41(46)21-31(29)39)35-25(7-6-10-27(35)36(43)44)19-42(26-8-4-3-5-9-26)37(45)49-34-22-40-15-13-23(34)14-16-40/h3-12,17,20-21,23,28,34H,13-16,18-19,22H2,1-2H3,(H-,43,44,46)/t28?,34-/m0/s1. The van der Waals surface area contributed by atoms with Crippen LogP contribution in [0, 0.1) is 5.92 Å². The van der Waals surface area contributed by atoms with Crippen molar-refractivity contribution < 1.29 is 38.8 Å². The molecular weight excluding hydrogens is 669 g/mol. The smallest absolute Gasteiger partial charge is 0.414 e. The summed E-state index contributed by atoms with van der Waals surface area (Å²) in [7, 11) is 3.04. The van der Waals surface area contributed by atoms with Crippen LogP contribution in [-0.4, -0.2) is 62.1 Å². The van der Waals surface area contributed by atoms with Crippen molar-refractivity contribution in [3.8, 4) is 11.5 Å². The maximum Gasteiger partial charge on any atom is 0.414 e. The van der Waals surface area contributed by atoms with E-state index >= 15 is 0 Å². The molecule has 2 atom stereocenters. The molecule has 0 spiro atoms. The second kappa shape index (κ2) is 14.9.